The number of nitrogens with one attached hydrogen (secondary N) is 1. The van der Waals surface area contributed by atoms with Crippen LogP contribution in [0.2, 0.25) is 0 Å². The van der Waals surface area contributed by atoms with E-state index >= 15 is 0 Å². The normalized spacial score (nSPS) is 18.3. The van der Waals surface area contributed by atoms with Crippen LogP contribution in [-0.2, 0) is 0 Å². The van der Waals surface area contributed by atoms with Gasteiger partial charge in [-0.2, -0.15) is 0 Å². The van der Waals surface area contributed by atoms with E-state index in [9.17, 15) is 4.79 Å². The molecular formula is C13H16BrNO. The number of hydrogen-bond donors (Lipinski definition) is 1. The zero-order valence-corrected chi connectivity index (χ0v) is 10.8. The van der Waals surface area contributed by atoms with Crippen LogP contribution in [0.15, 0.2) is 30.3 Å². The lowest BCUT2D eigenvalue weighted by Gasteiger charge is -2.28. The Labute approximate surface area is 105 Å². The van der Waals surface area contributed by atoms with E-state index in [4.69, 9.17) is 0 Å². The van der Waals surface area contributed by atoms with E-state index in [0.717, 1.165) is 23.7 Å². The zero-order valence-electron chi connectivity index (χ0n) is 9.21. The highest BCUT2D eigenvalue weighted by atomic mass is 79.9. The van der Waals surface area contributed by atoms with Crippen molar-refractivity contribution < 1.29 is 4.79 Å². The second-order valence-corrected chi connectivity index (χ2v) is 5.00. The van der Waals surface area contributed by atoms with Gasteiger partial charge in [-0.05, 0) is 25.0 Å². The van der Waals surface area contributed by atoms with Crippen molar-refractivity contribution in [2.75, 3.05) is 5.33 Å². The third-order valence-corrected chi connectivity index (χ3v) is 4.30. The van der Waals surface area contributed by atoms with E-state index < -0.39 is 0 Å². The van der Waals surface area contributed by atoms with Gasteiger partial charge in [0.25, 0.3) is 5.91 Å². The number of carbonyl (C=O) groups is 1. The molecule has 2 rings (SSSR count). The smallest absolute Gasteiger partial charge is 0.251 e. The molecule has 0 aromatic heterocycles. The van der Waals surface area contributed by atoms with Crippen molar-refractivity contribution in [1.29, 1.82) is 0 Å². The van der Waals surface area contributed by atoms with Crippen molar-refractivity contribution in [2.45, 2.75) is 31.2 Å². The molecule has 0 radical (unpaired) electrons. The summed E-state index contributed by atoms with van der Waals surface area (Å²) >= 11 is 3.52. The lowest BCUT2D eigenvalue weighted by atomic mass is 10.00. The van der Waals surface area contributed by atoms with Gasteiger partial charge in [0, 0.05) is 10.9 Å². The minimum Gasteiger partial charge on any atom is -0.346 e. The molecule has 86 valence electrons. The van der Waals surface area contributed by atoms with E-state index in [1.165, 1.54) is 12.8 Å². The summed E-state index contributed by atoms with van der Waals surface area (Å²) in [6.45, 7) is 0. The van der Waals surface area contributed by atoms with Gasteiger partial charge in [-0.1, -0.05) is 47.0 Å². The van der Waals surface area contributed by atoms with Crippen LogP contribution >= 0.6 is 15.9 Å². The Bertz CT molecular complexity index is 357. The Morgan fingerprint density at radius 1 is 1.25 bits per heavy atom. The third-order valence-electron chi connectivity index (χ3n) is 3.23. The summed E-state index contributed by atoms with van der Waals surface area (Å²) in [5.74, 6) is 0.0435. The van der Waals surface area contributed by atoms with E-state index in [0.29, 0.717) is 0 Å². The second-order valence-electron chi connectivity index (χ2n) is 4.44. The van der Waals surface area contributed by atoms with Crippen LogP contribution in [0.5, 0.6) is 0 Å². The van der Waals surface area contributed by atoms with Gasteiger partial charge in [0.2, 0.25) is 0 Å². The van der Waals surface area contributed by atoms with Crippen LogP contribution in [-0.4, -0.2) is 16.8 Å². The van der Waals surface area contributed by atoms with Gasteiger partial charge < -0.3 is 5.32 Å². The molecule has 0 atom stereocenters. The number of hydrogen-bond acceptors (Lipinski definition) is 1. The van der Waals surface area contributed by atoms with Gasteiger partial charge in [0.05, 0.1) is 5.54 Å². The van der Waals surface area contributed by atoms with E-state index in [-0.39, 0.29) is 11.4 Å². The van der Waals surface area contributed by atoms with Crippen LogP contribution in [0.4, 0.5) is 0 Å². The molecule has 1 aromatic carbocycles. The van der Waals surface area contributed by atoms with Gasteiger partial charge in [-0.3, -0.25) is 4.79 Å². The predicted molar refractivity (Wildman–Crippen MR) is 68.9 cm³/mol. The summed E-state index contributed by atoms with van der Waals surface area (Å²) in [6, 6.07) is 9.42. The van der Waals surface area contributed by atoms with Crippen molar-refractivity contribution >= 4 is 21.8 Å². The van der Waals surface area contributed by atoms with Crippen LogP contribution in [0.1, 0.15) is 36.0 Å². The number of benzene rings is 1. The molecule has 0 saturated heterocycles. The summed E-state index contributed by atoms with van der Waals surface area (Å²) in [4.78, 5) is 12.0. The average Bonchev–Trinajstić information content (AvgIpc) is 2.79. The van der Waals surface area contributed by atoms with E-state index in [1.807, 2.05) is 30.3 Å². The molecule has 0 bridgehead atoms. The van der Waals surface area contributed by atoms with Gasteiger partial charge in [-0.25, -0.2) is 0 Å². The summed E-state index contributed by atoms with van der Waals surface area (Å²) in [5, 5.41) is 4.02. The third kappa shape index (κ3) is 2.46. The maximum absolute atomic E-state index is 12.0. The molecule has 1 amide bonds. The Morgan fingerprint density at radius 2 is 1.88 bits per heavy atom. The molecule has 0 unspecified atom stereocenters. The molecule has 1 fully saturated rings. The van der Waals surface area contributed by atoms with E-state index in [2.05, 4.69) is 21.2 Å². The largest absolute Gasteiger partial charge is 0.346 e. The molecular weight excluding hydrogens is 266 g/mol. The summed E-state index contributed by atoms with van der Waals surface area (Å²) in [6.07, 6.45) is 4.58. The monoisotopic (exact) mass is 281 g/mol. The van der Waals surface area contributed by atoms with Crippen LogP contribution in [0.25, 0.3) is 0 Å². The van der Waals surface area contributed by atoms with Crippen LogP contribution in [0.3, 0.4) is 0 Å². The Hall–Kier alpha value is -0.830. The lowest BCUT2D eigenvalue weighted by molar-refractivity contribution is 0.0910. The standard InChI is InChI=1S/C13H16BrNO/c14-10-13(8-4-5-9-13)15-12(16)11-6-2-1-3-7-11/h1-3,6-7H,4-5,8-10H2,(H,15,16). The van der Waals surface area contributed by atoms with Crippen molar-refractivity contribution in [1.82, 2.24) is 5.32 Å². The first-order valence-electron chi connectivity index (χ1n) is 5.69. The summed E-state index contributed by atoms with van der Waals surface area (Å²) in [5.41, 5.74) is 0.724. The Kier molecular flexibility index (Phi) is 3.64. The van der Waals surface area contributed by atoms with Gasteiger partial charge in [-0.15, -0.1) is 0 Å². The van der Waals surface area contributed by atoms with Crippen molar-refractivity contribution in [3.63, 3.8) is 0 Å². The van der Waals surface area contributed by atoms with Crippen molar-refractivity contribution in [2.24, 2.45) is 0 Å². The quantitative estimate of drug-likeness (QED) is 0.848. The first-order chi connectivity index (χ1) is 7.76. The highest BCUT2D eigenvalue weighted by Gasteiger charge is 2.34. The lowest BCUT2D eigenvalue weighted by Crippen LogP contribution is -2.47. The van der Waals surface area contributed by atoms with E-state index in [1.54, 1.807) is 0 Å². The fourth-order valence-electron chi connectivity index (χ4n) is 2.25. The average molecular weight is 282 g/mol. The minimum absolute atomic E-state index is 0.0209. The molecule has 3 heteroatoms. The van der Waals surface area contributed by atoms with Crippen LogP contribution in [0, 0.1) is 0 Å². The summed E-state index contributed by atoms with van der Waals surface area (Å²) < 4.78 is 0. The second kappa shape index (κ2) is 5.00. The molecule has 1 aliphatic carbocycles. The maximum Gasteiger partial charge on any atom is 0.251 e. The van der Waals surface area contributed by atoms with Gasteiger partial charge in [0.1, 0.15) is 0 Å². The fourth-order valence-corrected chi connectivity index (χ4v) is 2.95. The number of amides is 1. The first-order valence-corrected chi connectivity index (χ1v) is 6.81. The topological polar surface area (TPSA) is 29.1 Å². The minimum atomic E-state index is -0.0209. The SMILES string of the molecule is O=C(NC1(CBr)CCCC1)c1ccccc1. The zero-order chi connectivity index (χ0) is 11.4. The molecule has 0 heterocycles. The molecule has 1 N–H and O–H groups in total. The Balaban J connectivity index is 2.07. The highest BCUT2D eigenvalue weighted by molar-refractivity contribution is 9.09. The van der Waals surface area contributed by atoms with Crippen molar-refractivity contribution in [3.8, 4) is 0 Å². The van der Waals surface area contributed by atoms with Gasteiger partial charge in [0.15, 0.2) is 0 Å². The molecule has 0 spiro atoms. The molecule has 1 saturated carbocycles. The first kappa shape index (κ1) is 11.6. The number of carbonyl (C=O) groups excluding carboxylic acids is 1. The molecule has 2 nitrogen and oxygen atoms in total. The number of rotatable bonds is 3. The predicted octanol–water partition coefficient (Wildman–Crippen LogP) is 3.12. The Morgan fingerprint density at radius 3 is 2.44 bits per heavy atom. The maximum atomic E-state index is 12.0. The molecule has 0 aliphatic heterocycles. The fraction of sp³-hybridized carbons (Fsp3) is 0.462. The number of halogens is 1. The number of alkyl halides is 1. The van der Waals surface area contributed by atoms with Crippen LogP contribution < -0.4 is 5.32 Å². The van der Waals surface area contributed by atoms with Gasteiger partial charge >= 0.3 is 0 Å². The van der Waals surface area contributed by atoms with Crippen molar-refractivity contribution in [3.05, 3.63) is 35.9 Å². The molecule has 16 heavy (non-hydrogen) atoms. The molecule has 1 aromatic rings. The highest BCUT2D eigenvalue weighted by Crippen LogP contribution is 2.31. The molecule has 1 aliphatic rings. The summed E-state index contributed by atoms with van der Waals surface area (Å²) in [7, 11) is 0.